The van der Waals surface area contributed by atoms with Crippen LogP contribution in [0.2, 0.25) is 33.2 Å². The molecule has 0 radical (unpaired) electrons. The lowest BCUT2D eigenvalue weighted by molar-refractivity contribution is 0.431. The Morgan fingerprint density at radius 2 is 1.03 bits per heavy atom. The Bertz CT molecular complexity index is 865. The molecule has 0 amide bonds. The zero-order chi connectivity index (χ0) is 23.8. The van der Waals surface area contributed by atoms with Crippen molar-refractivity contribution in [3.63, 3.8) is 0 Å². The van der Waals surface area contributed by atoms with Crippen molar-refractivity contribution in [2.45, 2.75) is 76.8 Å². The molecule has 2 unspecified atom stereocenters. The van der Waals surface area contributed by atoms with Crippen molar-refractivity contribution in [1.29, 1.82) is 0 Å². The summed E-state index contributed by atoms with van der Waals surface area (Å²) in [6.07, 6.45) is 0. The zero-order valence-electron chi connectivity index (χ0n) is 19.8. The van der Waals surface area contributed by atoms with Gasteiger partial charge in [0.1, 0.15) is 0 Å². The molecule has 0 aromatic heterocycles. The van der Waals surface area contributed by atoms with Crippen molar-refractivity contribution < 1.29 is 4.12 Å². The van der Waals surface area contributed by atoms with E-state index in [4.69, 9.17) is 27.3 Å². The summed E-state index contributed by atoms with van der Waals surface area (Å²) in [4.78, 5) is 0. The average molecular weight is 625 g/mol. The summed E-state index contributed by atoms with van der Waals surface area (Å²) in [7, 11) is -4.42. The standard InChI is InChI=1S/C24H34Br2Cl2OSi2/c1-23(2,3)30(7,15-17-9-11-19(25)21(27)13-17)29-31(8,24(4,5)6)16-18-10-12-20(26)22(28)14-18/h9-14H,15-16H2,1-8H3. The summed E-state index contributed by atoms with van der Waals surface area (Å²) in [5, 5.41) is 1.65. The molecule has 1 nitrogen and oxygen atoms in total. The monoisotopic (exact) mass is 622 g/mol. The highest BCUT2D eigenvalue weighted by atomic mass is 79.9. The van der Waals surface area contributed by atoms with E-state index in [9.17, 15) is 0 Å². The molecule has 0 aliphatic heterocycles. The highest BCUT2D eigenvalue weighted by molar-refractivity contribution is 9.10. The van der Waals surface area contributed by atoms with Gasteiger partial charge in [-0.1, -0.05) is 76.9 Å². The Kier molecular flexibility index (Phi) is 8.85. The molecule has 2 aromatic carbocycles. The van der Waals surface area contributed by atoms with Crippen LogP contribution in [0.4, 0.5) is 0 Å². The molecule has 0 spiro atoms. The van der Waals surface area contributed by atoms with E-state index in [1.165, 1.54) is 11.1 Å². The van der Waals surface area contributed by atoms with Crippen molar-refractivity contribution in [3.05, 3.63) is 66.5 Å². The third-order valence-electron chi connectivity index (χ3n) is 6.67. The minimum atomic E-state index is -2.21. The first-order chi connectivity index (χ1) is 14.0. The molecule has 0 heterocycles. The van der Waals surface area contributed by atoms with Crippen LogP contribution < -0.4 is 0 Å². The van der Waals surface area contributed by atoms with Gasteiger partial charge in [-0.25, -0.2) is 0 Å². The van der Waals surface area contributed by atoms with Gasteiger partial charge in [-0.15, -0.1) is 0 Å². The van der Waals surface area contributed by atoms with Gasteiger partial charge in [0.05, 0.1) is 10.0 Å². The minimum Gasteiger partial charge on any atom is -0.454 e. The van der Waals surface area contributed by atoms with Gasteiger partial charge in [0.15, 0.2) is 16.6 Å². The van der Waals surface area contributed by atoms with Gasteiger partial charge < -0.3 is 4.12 Å². The number of hydrogen-bond acceptors (Lipinski definition) is 1. The molecular weight excluding hydrogens is 591 g/mol. The first-order valence-corrected chi connectivity index (χ1v) is 18.1. The van der Waals surface area contributed by atoms with Crippen LogP contribution in [-0.2, 0) is 16.2 Å². The molecule has 2 atom stereocenters. The van der Waals surface area contributed by atoms with E-state index in [-0.39, 0.29) is 10.1 Å². The maximum absolute atomic E-state index is 7.47. The lowest BCUT2D eigenvalue weighted by Gasteiger charge is -2.50. The molecule has 2 aromatic rings. The van der Waals surface area contributed by atoms with Crippen LogP contribution >= 0.6 is 55.1 Å². The molecule has 0 aliphatic rings. The quantitative estimate of drug-likeness (QED) is 0.291. The third-order valence-corrected chi connectivity index (χ3v) is 21.3. The van der Waals surface area contributed by atoms with Crippen molar-refractivity contribution in [2.24, 2.45) is 0 Å². The van der Waals surface area contributed by atoms with Crippen molar-refractivity contribution in [1.82, 2.24) is 0 Å². The molecule has 0 N–H and O–H groups in total. The van der Waals surface area contributed by atoms with Crippen molar-refractivity contribution in [2.75, 3.05) is 0 Å². The highest BCUT2D eigenvalue weighted by Gasteiger charge is 2.51. The van der Waals surface area contributed by atoms with E-state index in [0.717, 1.165) is 31.1 Å². The summed E-state index contributed by atoms with van der Waals surface area (Å²) in [6, 6.07) is 14.4. The van der Waals surface area contributed by atoms with Gasteiger partial charge >= 0.3 is 0 Å². The van der Waals surface area contributed by atoms with E-state index in [0.29, 0.717) is 0 Å². The Balaban J connectivity index is 2.47. The minimum absolute atomic E-state index is 0.0728. The van der Waals surface area contributed by atoms with Gasteiger partial charge in [0.25, 0.3) is 0 Å². The molecule has 0 fully saturated rings. The van der Waals surface area contributed by atoms with Crippen molar-refractivity contribution in [3.8, 4) is 0 Å². The second-order valence-corrected chi connectivity index (χ2v) is 22.9. The Morgan fingerprint density at radius 3 is 1.29 bits per heavy atom. The van der Waals surface area contributed by atoms with E-state index in [1.807, 2.05) is 12.1 Å². The lowest BCUT2D eigenvalue weighted by Crippen LogP contribution is -2.59. The molecule has 0 saturated heterocycles. The second kappa shape index (κ2) is 9.93. The van der Waals surface area contributed by atoms with E-state index < -0.39 is 16.6 Å². The molecular formula is C24H34Br2Cl2OSi2. The third kappa shape index (κ3) is 6.71. The molecule has 0 aliphatic carbocycles. The van der Waals surface area contributed by atoms with Gasteiger partial charge in [-0.2, -0.15) is 0 Å². The second-order valence-electron chi connectivity index (χ2n) is 10.9. The molecule has 31 heavy (non-hydrogen) atoms. The normalized spacial score (nSPS) is 16.6. The average Bonchev–Trinajstić information content (AvgIpc) is 2.59. The molecule has 0 saturated carbocycles. The highest BCUT2D eigenvalue weighted by Crippen LogP contribution is 2.47. The largest absolute Gasteiger partial charge is 0.454 e. The summed E-state index contributed by atoms with van der Waals surface area (Å²) in [6.45, 7) is 18.8. The number of halogens is 4. The Hall–Kier alpha value is 0.374. The SMILES string of the molecule is CC(C)(C)[Si](C)(Cc1ccc(Br)c(Cl)c1)O[Si](C)(Cc1ccc(Br)c(Cl)c1)C(C)(C)C. The summed E-state index contributed by atoms with van der Waals surface area (Å²) >= 11 is 19.9. The van der Waals surface area contributed by atoms with Crippen LogP contribution in [0.25, 0.3) is 0 Å². The smallest absolute Gasteiger partial charge is 0.186 e. The molecule has 7 heteroatoms. The molecule has 172 valence electrons. The van der Waals surface area contributed by atoms with Crippen LogP contribution in [0, 0.1) is 0 Å². The van der Waals surface area contributed by atoms with E-state index >= 15 is 0 Å². The number of benzene rings is 2. The van der Waals surface area contributed by atoms with Crippen LogP contribution in [0.15, 0.2) is 45.3 Å². The summed E-state index contributed by atoms with van der Waals surface area (Å²) in [5.74, 6) is 0. The first-order valence-electron chi connectivity index (χ1n) is 10.6. The predicted molar refractivity (Wildman–Crippen MR) is 149 cm³/mol. The van der Waals surface area contributed by atoms with Crippen LogP contribution in [0.5, 0.6) is 0 Å². The van der Waals surface area contributed by atoms with E-state index in [1.54, 1.807) is 0 Å². The van der Waals surface area contributed by atoms with E-state index in [2.05, 4.69) is 111 Å². The van der Waals surface area contributed by atoms with Crippen LogP contribution in [0.1, 0.15) is 52.7 Å². The van der Waals surface area contributed by atoms with Gasteiger partial charge in [-0.3, -0.25) is 0 Å². The van der Waals surface area contributed by atoms with Gasteiger partial charge in [0, 0.05) is 8.95 Å². The fourth-order valence-corrected chi connectivity index (χ4v) is 14.4. The number of rotatable bonds is 6. The summed E-state index contributed by atoms with van der Waals surface area (Å²) in [5.41, 5.74) is 2.49. The van der Waals surface area contributed by atoms with Crippen molar-refractivity contribution >= 4 is 71.7 Å². The Labute approximate surface area is 217 Å². The lowest BCUT2D eigenvalue weighted by atomic mass is 10.2. The maximum atomic E-state index is 7.47. The van der Waals surface area contributed by atoms with Gasteiger partial charge in [-0.05, 0) is 103 Å². The van der Waals surface area contributed by atoms with Gasteiger partial charge in [0.2, 0.25) is 0 Å². The molecule has 0 bridgehead atoms. The first kappa shape index (κ1) is 27.6. The maximum Gasteiger partial charge on any atom is 0.186 e. The Morgan fingerprint density at radius 1 is 0.710 bits per heavy atom. The summed E-state index contributed by atoms with van der Waals surface area (Å²) < 4.78 is 9.33. The van der Waals surface area contributed by atoms with Crippen LogP contribution in [-0.4, -0.2) is 16.6 Å². The number of hydrogen-bond donors (Lipinski definition) is 0. The fourth-order valence-electron chi connectivity index (χ4n) is 3.48. The topological polar surface area (TPSA) is 9.23 Å². The van der Waals surface area contributed by atoms with Crippen LogP contribution in [0.3, 0.4) is 0 Å². The molecule has 2 rings (SSSR count). The zero-order valence-corrected chi connectivity index (χ0v) is 26.5. The fraction of sp³-hybridized carbons (Fsp3) is 0.500. The predicted octanol–water partition coefficient (Wildman–Crippen LogP) is 10.1.